The van der Waals surface area contributed by atoms with E-state index in [1.807, 2.05) is 12.1 Å². The molecule has 100 valence electrons. The molecule has 0 spiro atoms. The first-order valence-electron chi connectivity index (χ1n) is 6.22. The molecule has 1 aliphatic rings. The summed E-state index contributed by atoms with van der Waals surface area (Å²) in [6.07, 6.45) is 7.58. The summed E-state index contributed by atoms with van der Waals surface area (Å²) in [4.78, 5) is 4.34. The van der Waals surface area contributed by atoms with E-state index < -0.39 is 5.54 Å². The largest absolute Gasteiger partial charge is 0.450 e. The van der Waals surface area contributed by atoms with Gasteiger partial charge in [-0.15, -0.1) is 0 Å². The maximum absolute atomic E-state index is 6.27. The predicted octanol–water partition coefficient (Wildman–Crippen LogP) is 3.32. The Labute approximate surface area is 119 Å². The molecule has 0 aromatic carbocycles. The van der Waals surface area contributed by atoms with E-state index in [9.17, 15) is 0 Å². The van der Waals surface area contributed by atoms with Crippen LogP contribution in [0.4, 0.5) is 0 Å². The van der Waals surface area contributed by atoms with Gasteiger partial charge in [0.05, 0.1) is 5.54 Å². The van der Waals surface area contributed by atoms with Crippen molar-refractivity contribution < 1.29 is 8.94 Å². The first-order chi connectivity index (χ1) is 9.16. The summed E-state index contributed by atoms with van der Waals surface area (Å²) < 4.78 is 11.2. The number of nitrogens with two attached hydrogens (primary N) is 1. The second kappa shape index (κ2) is 4.94. The third kappa shape index (κ3) is 2.64. The molecule has 2 aromatic heterocycles. The molecule has 1 aliphatic carbocycles. The Balaban J connectivity index is 1.76. The monoisotopic (exact) mass is 323 g/mol. The van der Waals surface area contributed by atoms with E-state index in [4.69, 9.17) is 14.7 Å². The van der Waals surface area contributed by atoms with Crippen LogP contribution in [0.5, 0.6) is 0 Å². The average Bonchev–Trinajstić information content (AvgIpc) is 3.08. The van der Waals surface area contributed by atoms with Crippen LogP contribution < -0.4 is 5.73 Å². The van der Waals surface area contributed by atoms with Gasteiger partial charge in [0.25, 0.3) is 5.89 Å². The third-order valence-electron chi connectivity index (χ3n) is 3.37. The molecule has 0 bridgehead atoms. The van der Waals surface area contributed by atoms with Gasteiger partial charge < -0.3 is 14.7 Å². The van der Waals surface area contributed by atoms with Crippen LogP contribution in [0.2, 0.25) is 0 Å². The van der Waals surface area contributed by atoms with Gasteiger partial charge in [0.2, 0.25) is 0 Å². The Hall–Kier alpha value is -1.40. The van der Waals surface area contributed by atoms with E-state index in [1.165, 1.54) is 0 Å². The summed E-state index contributed by atoms with van der Waals surface area (Å²) in [5.74, 6) is 1.76. The number of hydrogen-bond acceptors (Lipinski definition) is 5. The van der Waals surface area contributed by atoms with Crippen LogP contribution >= 0.6 is 15.9 Å². The molecule has 3 rings (SSSR count). The molecule has 0 radical (unpaired) electrons. The van der Waals surface area contributed by atoms with Gasteiger partial charge in [-0.1, -0.05) is 18.0 Å². The van der Waals surface area contributed by atoms with Crippen LogP contribution in [0.15, 0.2) is 25.7 Å². The molecule has 1 saturated carbocycles. The molecule has 0 aliphatic heterocycles. The molecular weight excluding hydrogens is 310 g/mol. The van der Waals surface area contributed by atoms with Crippen molar-refractivity contribution in [2.75, 3.05) is 0 Å². The maximum atomic E-state index is 6.27. The topological polar surface area (TPSA) is 78.1 Å². The van der Waals surface area contributed by atoms with Crippen molar-refractivity contribution in [2.24, 2.45) is 5.73 Å². The zero-order valence-corrected chi connectivity index (χ0v) is 11.9. The first-order valence-corrected chi connectivity index (χ1v) is 7.01. The highest BCUT2D eigenvalue weighted by Gasteiger charge is 2.35. The normalized spacial score (nSPS) is 18.4. The van der Waals surface area contributed by atoms with Crippen molar-refractivity contribution in [3.63, 3.8) is 0 Å². The minimum atomic E-state index is -0.413. The number of hydrogen-bond donors (Lipinski definition) is 1. The quantitative estimate of drug-likeness (QED) is 0.937. The van der Waals surface area contributed by atoms with Crippen molar-refractivity contribution in [1.82, 2.24) is 10.1 Å². The maximum Gasteiger partial charge on any atom is 0.250 e. The highest BCUT2D eigenvalue weighted by molar-refractivity contribution is 9.10. The highest BCUT2D eigenvalue weighted by Crippen LogP contribution is 2.34. The molecule has 0 unspecified atom stereocenters. The third-order valence-corrected chi connectivity index (χ3v) is 3.79. The number of furan rings is 1. The Morgan fingerprint density at radius 2 is 2.05 bits per heavy atom. The van der Waals surface area contributed by atoms with Crippen LogP contribution in [0, 0.1) is 0 Å². The van der Waals surface area contributed by atoms with E-state index in [2.05, 4.69) is 26.1 Å². The van der Waals surface area contributed by atoms with Gasteiger partial charge in [-0.25, -0.2) is 0 Å². The zero-order chi connectivity index (χ0) is 13.3. The SMILES string of the molecule is NC1(c2noc(/C=C/c3ccc(Br)o3)n2)CCCC1. The molecule has 0 atom stereocenters. The standard InChI is InChI=1S/C13H14BrN3O2/c14-10-5-3-9(18-10)4-6-11-16-12(17-19-11)13(15)7-1-2-8-13/h3-6H,1-2,7-8,15H2/b6-4+. The van der Waals surface area contributed by atoms with Crippen molar-refractivity contribution in [3.05, 3.63) is 34.3 Å². The number of nitrogens with zero attached hydrogens (tertiary/aromatic N) is 2. The van der Waals surface area contributed by atoms with Crippen molar-refractivity contribution in [2.45, 2.75) is 31.2 Å². The number of aromatic nitrogens is 2. The summed E-state index contributed by atoms with van der Waals surface area (Å²) >= 11 is 3.25. The predicted molar refractivity (Wildman–Crippen MR) is 74.0 cm³/mol. The molecule has 2 heterocycles. The Kier molecular flexibility index (Phi) is 3.28. The van der Waals surface area contributed by atoms with E-state index in [1.54, 1.807) is 12.2 Å². The smallest absolute Gasteiger partial charge is 0.250 e. The van der Waals surface area contributed by atoms with Gasteiger partial charge >= 0.3 is 0 Å². The lowest BCUT2D eigenvalue weighted by Crippen LogP contribution is -2.34. The van der Waals surface area contributed by atoms with Crippen molar-refractivity contribution in [1.29, 1.82) is 0 Å². The second-order valence-corrected chi connectivity index (χ2v) is 5.58. The molecule has 5 nitrogen and oxygen atoms in total. The molecule has 2 aromatic rings. The van der Waals surface area contributed by atoms with Crippen LogP contribution in [-0.4, -0.2) is 10.1 Å². The summed E-state index contributed by atoms with van der Waals surface area (Å²) in [6, 6.07) is 3.67. The van der Waals surface area contributed by atoms with E-state index in [-0.39, 0.29) is 0 Å². The Bertz CT molecular complexity index is 597. The van der Waals surface area contributed by atoms with E-state index >= 15 is 0 Å². The van der Waals surface area contributed by atoms with Crippen LogP contribution in [0.1, 0.15) is 43.2 Å². The van der Waals surface area contributed by atoms with Crippen LogP contribution in [0.3, 0.4) is 0 Å². The lowest BCUT2D eigenvalue weighted by molar-refractivity contribution is 0.364. The van der Waals surface area contributed by atoms with Crippen molar-refractivity contribution >= 4 is 28.1 Å². The van der Waals surface area contributed by atoms with Gasteiger partial charge in [-0.3, -0.25) is 0 Å². The number of rotatable bonds is 3. The van der Waals surface area contributed by atoms with E-state index in [0.717, 1.165) is 31.4 Å². The fourth-order valence-corrected chi connectivity index (χ4v) is 2.62. The molecule has 2 N–H and O–H groups in total. The van der Waals surface area contributed by atoms with Crippen LogP contribution in [-0.2, 0) is 5.54 Å². The van der Waals surface area contributed by atoms with Crippen LogP contribution in [0.25, 0.3) is 12.2 Å². The second-order valence-electron chi connectivity index (χ2n) is 4.79. The molecule has 19 heavy (non-hydrogen) atoms. The average molecular weight is 324 g/mol. The van der Waals surface area contributed by atoms with Gasteiger partial charge in [-0.2, -0.15) is 4.98 Å². The zero-order valence-electron chi connectivity index (χ0n) is 10.3. The summed E-state index contributed by atoms with van der Waals surface area (Å²) in [5.41, 5.74) is 5.86. The van der Waals surface area contributed by atoms with Gasteiger partial charge in [0.15, 0.2) is 10.5 Å². The minimum Gasteiger partial charge on any atom is -0.450 e. The summed E-state index contributed by atoms with van der Waals surface area (Å²) in [7, 11) is 0. The van der Waals surface area contributed by atoms with Crippen molar-refractivity contribution in [3.8, 4) is 0 Å². The molecular formula is C13H14BrN3O2. The molecule has 6 heteroatoms. The number of halogens is 1. The Morgan fingerprint density at radius 1 is 1.26 bits per heavy atom. The summed E-state index contributed by atoms with van der Waals surface area (Å²) in [5, 5.41) is 3.99. The first kappa shape index (κ1) is 12.6. The van der Waals surface area contributed by atoms with Gasteiger partial charge in [-0.05, 0) is 47.0 Å². The fraction of sp³-hybridized carbons (Fsp3) is 0.385. The van der Waals surface area contributed by atoms with E-state index in [0.29, 0.717) is 16.4 Å². The highest BCUT2D eigenvalue weighted by atomic mass is 79.9. The summed E-state index contributed by atoms with van der Waals surface area (Å²) in [6.45, 7) is 0. The Morgan fingerprint density at radius 3 is 2.74 bits per heavy atom. The molecule has 0 saturated heterocycles. The fourth-order valence-electron chi connectivity index (χ4n) is 2.31. The molecule has 0 amide bonds. The van der Waals surface area contributed by atoms with Gasteiger partial charge in [0, 0.05) is 6.08 Å². The minimum absolute atomic E-state index is 0.413. The lowest BCUT2D eigenvalue weighted by atomic mass is 9.99. The lowest BCUT2D eigenvalue weighted by Gasteiger charge is -2.17. The van der Waals surface area contributed by atoms with Gasteiger partial charge in [0.1, 0.15) is 5.76 Å². The molecule has 1 fully saturated rings.